The zero-order valence-electron chi connectivity index (χ0n) is 13.5. The standard InChI is InChI=1S/C17H24N2O4/c1-2-22-16(20)7-4-8-19-15-10-13-6-3-5-12(13)9-14(15)11-23-17(18)21/h9-10,19H,2-8,11H2,1H3,(H2,18,21). The molecule has 0 fully saturated rings. The number of nitrogens with one attached hydrogen (secondary N) is 1. The van der Waals surface area contributed by atoms with Gasteiger partial charge in [0.05, 0.1) is 6.61 Å². The van der Waals surface area contributed by atoms with Gasteiger partial charge in [0.15, 0.2) is 0 Å². The Morgan fingerprint density at radius 3 is 2.65 bits per heavy atom. The molecule has 126 valence electrons. The van der Waals surface area contributed by atoms with Crippen LogP contribution in [0.25, 0.3) is 0 Å². The maximum absolute atomic E-state index is 11.3. The summed E-state index contributed by atoms with van der Waals surface area (Å²) in [7, 11) is 0. The average molecular weight is 320 g/mol. The molecule has 0 bridgehead atoms. The Morgan fingerprint density at radius 2 is 1.96 bits per heavy atom. The van der Waals surface area contributed by atoms with E-state index in [9.17, 15) is 9.59 Å². The van der Waals surface area contributed by atoms with Gasteiger partial charge in [0.1, 0.15) is 6.61 Å². The van der Waals surface area contributed by atoms with Gasteiger partial charge in [0.25, 0.3) is 0 Å². The highest BCUT2D eigenvalue weighted by molar-refractivity contribution is 5.69. The SMILES string of the molecule is CCOC(=O)CCCNc1cc2c(cc1COC(N)=O)CCC2. The van der Waals surface area contributed by atoms with E-state index < -0.39 is 6.09 Å². The van der Waals surface area contributed by atoms with Crippen LogP contribution < -0.4 is 11.1 Å². The van der Waals surface area contributed by atoms with Crippen molar-refractivity contribution < 1.29 is 19.1 Å². The van der Waals surface area contributed by atoms with Gasteiger partial charge in [-0.15, -0.1) is 0 Å². The molecule has 0 heterocycles. The summed E-state index contributed by atoms with van der Waals surface area (Å²) in [6.45, 7) is 3.02. The lowest BCUT2D eigenvalue weighted by Crippen LogP contribution is -2.14. The molecule has 0 aliphatic heterocycles. The van der Waals surface area contributed by atoms with Crippen molar-refractivity contribution >= 4 is 17.7 Å². The molecule has 6 nitrogen and oxygen atoms in total. The average Bonchev–Trinajstić information content (AvgIpc) is 2.96. The van der Waals surface area contributed by atoms with Gasteiger partial charge in [-0.1, -0.05) is 6.07 Å². The Hall–Kier alpha value is -2.24. The molecule has 1 aliphatic carbocycles. The first-order valence-corrected chi connectivity index (χ1v) is 8.06. The van der Waals surface area contributed by atoms with Crippen LogP contribution in [0.4, 0.5) is 10.5 Å². The fourth-order valence-electron chi connectivity index (χ4n) is 2.80. The summed E-state index contributed by atoms with van der Waals surface area (Å²) >= 11 is 0. The van der Waals surface area contributed by atoms with Gasteiger partial charge in [-0.3, -0.25) is 4.79 Å². The van der Waals surface area contributed by atoms with E-state index in [1.807, 2.05) is 0 Å². The summed E-state index contributed by atoms with van der Waals surface area (Å²) in [6, 6.07) is 4.20. The molecule has 1 aliphatic rings. The Labute approximate surface area is 136 Å². The summed E-state index contributed by atoms with van der Waals surface area (Å²) in [5, 5.41) is 3.32. The Kier molecular flexibility index (Phi) is 6.26. The second-order valence-electron chi connectivity index (χ2n) is 5.57. The van der Waals surface area contributed by atoms with Crippen LogP contribution in [0.15, 0.2) is 12.1 Å². The number of nitrogens with two attached hydrogens (primary N) is 1. The molecule has 2 rings (SSSR count). The molecule has 0 aromatic heterocycles. The summed E-state index contributed by atoms with van der Waals surface area (Å²) in [6.07, 6.45) is 3.58. The monoisotopic (exact) mass is 320 g/mol. The van der Waals surface area contributed by atoms with Crippen LogP contribution in [0, 0.1) is 0 Å². The van der Waals surface area contributed by atoms with Gasteiger partial charge in [0.2, 0.25) is 0 Å². The topological polar surface area (TPSA) is 90.7 Å². The van der Waals surface area contributed by atoms with Crippen molar-refractivity contribution in [2.24, 2.45) is 5.73 Å². The molecule has 0 atom stereocenters. The lowest BCUT2D eigenvalue weighted by atomic mass is 10.0. The smallest absolute Gasteiger partial charge is 0.404 e. The molecule has 23 heavy (non-hydrogen) atoms. The highest BCUT2D eigenvalue weighted by Gasteiger charge is 2.15. The first-order valence-electron chi connectivity index (χ1n) is 8.06. The summed E-state index contributed by atoms with van der Waals surface area (Å²) < 4.78 is 9.83. The third-order valence-electron chi connectivity index (χ3n) is 3.87. The predicted octanol–water partition coefficient (Wildman–Crippen LogP) is 2.53. The quantitative estimate of drug-likeness (QED) is 0.567. The van der Waals surface area contributed by atoms with Crippen molar-refractivity contribution in [1.82, 2.24) is 0 Å². The number of amides is 1. The lowest BCUT2D eigenvalue weighted by Gasteiger charge is -2.14. The molecule has 0 unspecified atom stereocenters. The zero-order valence-corrected chi connectivity index (χ0v) is 13.5. The Morgan fingerprint density at radius 1 is 1.22 bits per heavy atom. The molecule has 0 radical (unpaired) electrons. The number of primary amides is 1. The number of benzene rings is 1. The maximum Gasteiger partial charge on any atom is 0.404 e. The van der Waals surface area contributed by atoms with Crippen LogP contribution >= 0.6 is 0 Å². The molecular weight excluding hydrogens is 296 g/mol. The minimum Gasteiger partial charge on any atom is -0.466 e. The summed E-state index contributed by atoms with van der Waals surface area (Å²) in [4.78, 5) is 22.2. The maximum atomic E-state index is 11.3. The van der Waals surface area contributed by atoms with E-state index in [-0.39, 0.29) is 12.6 Å². The van der Waals surface area contributed by atoms with Crippen LogP contribution in [-0.2, 0) is 33.7 Å². The third kappa shape index (κ3) is 5.16. The summed E-state index contributed by atoms with van der Waals surface area (Å²) in [5.41, 5.74) is 9.56. The van der Waals surface area contributed by atoms with Gasteiger partial charge in [0, 0.05) is 24.2 Å². The van der Waals surface area contributed by atoms with Crippen molar-refractivity contribution in [3.8, 4) is 0 Å². The molecule has 6 heteroatoms. The van der Waals surface area contributed by atoms with Crippen molar-refractivity contribution in [1.29, 1.82) is 0 Å². The predicted molar refractivity (Wildman–Crippen MR) is 87.2 cm³/mol. The molecule has 1 aromatic rings. The van der Waals surface area contributed by atoms with Crippen molar-refractivity contribution in [3.05, 3.63) is 28.8 Å². The minimum atomic E-state index is -0.779. The lowest BCUT2D eigenvalue weighted by molar-refractivity contribution is -0.143. The number of anilines is 1. The fraction of sp³-hybridized carbons (Fsp3) is 0.529. The van der Waals surface area contributed by atoms with Crippen molar-refractivity contribution in [3.63, 3.8) is 0 Å². The number of aryl methyl sites for hydroxylation is 2. The number of carbonyl (C=O) groups is 2. The number of esters is 1. The minimum absolute atomic E-state index is 0.156. The van der Waals surface area contributed by atoms with Crippen LogP contribution in [0.3, 0.4) is 0 Å². The molecule has 1 aromatic carbocycles. The van der Waals surface area contributed by atoms with Crippen molar-refractivity contribution in [2.45, 2.75) is 45.6 Å². The van der Waals surface area contributed by atoms with Crippen LogP contribution in [0.2, 0.25) is 0 Å². The number of carbonyl (C=O) groups excluding carboxylic acids is 2. The van der Waals surface area contributed by atoms with E-state index in [4.69, 9.17) is 15.2 Å². The van der Waals surface area contributed by atoms with E-state index in [2.05, 4.69) is 17.4 Å². The van der Waals surface area contributed by atoms with E-state index in [1.165, 1.54) is 11.1 Å². The highest BCUT2D eigenvalue weighted by Crippen LogP contribution is 2.29. The van der Waals surface area contributed by atoms with Gasteiger partial charge in [-0.2, -0.15) is 0 Å². The second kappa shape index (κ2) is 8.41. The van der Waals surface area contributed by atoms with Gasteiger partial charge >= 0.3 is 12.1 Å². The summed E-state index contributed by atoms with van der Waals surface area (Å²) in [5.74, 6) is -0.180. The van der Waals surface area contributed by atoms with E-state index in [1.54, 1.807) is 6.92 Å². The van der Waals surface area contributed by atoms with Gasteiger partial charge in [-0.05, 0) is 49.8 Å². The Bertz CT molecular complexity index is 572. The highest BCUT2D eigenvalue weighted by atomic mass is 16.5. The molecular formula is C17H24N2O4. The first kappa shape index (κ1) is 17.1. The molecule has 0 spiro atoms. The number of hydrogen-bond acceptors (Lipinski definition) is 5. The van der Waals surface area contributed by atoms with Crippen molar-refractivity contribution in [2.75, 3.05) is 18.5 Å². The molecule has 3 N–H and O–H groups in total. The van der Waals surface area contributed by atoms with E-state index >= 15 is 0 Å². The van der Waals surface area contributed by atoms with E-state index in [0.717, 1.165) is 30.5 Å². The van der Waals surface area contributed by atoms with Crippen LogP contribution in [-0.4, -0.2) is 25.2 Å². The normalized spacial score (nSPS) is 12.6. The number of fused-ring (bicyclic) bond motifs is 1. The molecule has 1 amide bonds. The number of rotatable bonds is 8. The number of ether oxygens (including phenoxy) is 2. The van der Waals surface area contributed by atoms with E-state index in [0.29, 0.717) is 26.0 Å². The zero-order chi connectivity index (χ0) is 16.7. The number of hydrogen-bond donors (Lipinski definition) is 2. The second-order valence-corrected chi connectivity index (χ2v) is 5.57. The van der Waals surface area contributed by atoms with Gasteiger partial charge in [-0.25, -0.2) is 4.79 Å². The largest absolute Gasteiger partial charge is 0.466 e. The molecule has 0 saturated carbocycles. The van der Waals surface area contributed by atoms with Crippen LogP contribution in [0.5, 0.6) is 0 Å². The first-order chi connectivity index (χ1) is 11.1. The Balaban J connectivity index is 1.95. The van der Waals surface area contributed by atoms with Gasteiger partial charge < -0.3 is 20.5 Å². The molecule has 0 saturated heterocycles. The third-order valence-corrected chi connectivity index (χ3v) is 3.87. The van der Waals surface area contributed by atoms with Crippen LogP contribution in [0.1, 0.15) is 42.9 Å². The fourth-order valence-corrected chi connectivity index (χ4v) is 2.80.